The molecule has 1 aliphatic heterocycles. The second-order valence-corrected chi connectivity index (χ2v) is 6.91. The maximum Gasteiger partial charge on any atom is 0.259 e. The predicted octanol–water partition coefficient (Wildman–Crippen LogP) is 3.29. The van der Waals surface area contributed by atoms with Crippen LogP contribution in [0.4, 0.5) is 0 Å². The van der Waals surface area contributed by atoms with E-state index in [1.807, 2.05) is 24.3 Å². The molecule has 0 saturated heterocycles. The van der Waals surface area contributed by atoms with Crippen molar-refractivity contribution in [2.45, 2.75) is 32.8 Å². The Kier molecular flexibility index (Phi) is 4.42. The monoisotopic (exact) mass is 351 g/mol. The third-order valence-electron chi connectivity index (χ3n) is 4.74. The first-order valence-corrected chi connectivity index (χ1v) is 8.85. The summed E-state index contributed by atoms with van der Waals surface area (Å²) in [5.74, 6) is 1.10. The molecule has 0 spiro atoms. The van der Waals surface area contributed by atoms with Crippen LogP contribution in [0.1, 0.15) is 42.5 Å². The van der Waals surface area contributed by atoms with Crippen molar-refractivity contribution in [3.05, 3.63) is 69.5 Å². The van der Waals surface area contributed by atoms with E-state index in [0.717, 1.165) is 16.8 Å². The second-order valence-electron chi connectivity index (χ2n) is 6.91. The second kappa shape index (κ2) is 6.88. The zero-order valence-electron chi connectivity index (χ0n) is 14.9. The molecule has 2 aromatic heterocycles. The maximum absolute atomic E-state index is 12.5. The normalized spacial score (nSPS) is 15.0. The molecule has 6 nitrogen and oxygen atoms in total. The van der Waals surface area contributed by atoms with Crippen LogP contribution in [0.5, 0.6) is 0 Å². The molecule has 3 aromatic rings. The summed E-state index contributed by atoms with van der Waals surface area (Å²) >= 11 is 0. The standard InChI is InChI=1S/C20H21N3O3/c1-12(2)17(13-6-4-3-5-7-13)20-22-18(23-26-20)15-10-14-11-25-9-8-16(14)21-19(15)24/h3-7,10,12,17H,8-9,11H2,1-2H3,(H,21,24). The molecule has 1 aromatic carbocycles. The highest BCUT2D eigenvalue weighted by Crippen LogP contribution is 2.31. The number of fused-ring (bicyclic) bond motifs is 1. The molecule has 0 amide bonds. The number of hydrogen-bond donors (Lipinski definition) is 1. The van der Waals surface area contributed by atoms with Gasteiger partial charge in [-0.25, -0.2) is 0 Å². The van der Waals surface area contributed by atoms with Crippen LogP contribution in [0.25, 0.3) is 11.4 Å². The number of aromatic nitrogens is 3. The molecule has 3 heterocycles. The van der Waals surface area contributed by atoms with Crippen LogP contribution in [0.2, 0.25) is 0 Å². The van der Waals surface area contributed by atoms with E-state index in [1.54, 1.807) is 0 Å². The average molecular weight is 351 g/mol. The molecule has 6 heteroatoms. The van der Waals surface area contributed by atoms with Crippen LogP contribution in [-0.2, 0) is 17.8 Å². The molecule has 134 valence electrons. The van der Waals surface area contributed by atoms with E-state index in [1.165, 1.54) is 0 Å². The zero-order chi connectivity index (χ0) is 18.1. The van der Waals surface area contributed by atoms with Gasteiger partial charge in [0.25, 0.3) is 5.56 Å². The van der Waals surface area contributed by atoms with Crippen molar-refractivity contribution in [1.29, 1.82) is 0 Å². The lowest BCUT2D eigenvalue weighted by molar-refractivity contribution is 0.109. The number of pyridine rings is 1. The number of benzene rings is 1. The average Bonchev–Trinajstić information content (AvgIpc) is 3.11. The molecule has 0 aliphatic carbocycles. The molecular weight excluding hydrogens is 330 g/mol. The number of rotatable bonds is 4. The molecule has 1 atom stereocenters. The Morgan fingerprint density at radius 2 is 2.00 bits per heavy atom. The van der Waals surface area contributed by atoms with Gasteiger partial charge in [-0.05, 0) is 23.1 Å². The third kappa shape index (κ3) is 3.08. The summed E-state index contributed by atoms with van der Waals surface area (Å²) < 4.78 is 11.0. The summed E-state index contributed by atoms with van der Waals surface area (Å²) in [6, 6.07) is 11.9. The fraction of sp³-hybridized carbons (Fsp3) is 0.350. The van der Waals surface area contributed by atoms with Gasteiger partial charge in [0.1, 0.15) is 0 Å². The van der Waals surface area contributed by atoms with Crippen LogP contribution >= 0.6 is 0 Å². The van der Waals surface area contributed by atoms with Gasteiger partial charge in [0.2, 0.25) is 11.7 Å². The molecule has 1 N–H and O–H groups in total. The molecule has 0 saturated carbocycles. The first kappa shape index (κ1) is 16.7. The first-order valence-electron chi connectivity index (χ1n) is 8.85. The van der Waals surface area contributed by atoms with Crippen molar-refractivity contribution in [2.75, 3.05) is 6.61 Å². The Hall–Kier alpha value is -2.73. The fourth-order valence-electron chi connectivity index (χ4n) is 3.43. The number of H-pyrrole nitrogens is 1. The van der Waals surface area contributed by atoms with Gasteiger partial charge in [-0.15, -0.1) is 0 Å². The van der Waals surface area contributed by atoms with Gasteiger partial charge < -0.3 is 14.2 Å². The minimum absolute atomic E-state index is 0.0162. The smallest absolute Gasteiger partial charge is 0.259 e. The Morgan fingerprint density at radius 1 is 1.19 bits per heavy atom. The largest absolute Gasteiger partial charge is 0.376 e. The van der Waals surface area contributed by atoms with Crippen LogP contribution in [-0.4, -0.2) is 21.7 Å². The van der Waals surface area contributed by atoms with E-state index in [2.05, 4.69) is 41.1 Å². The molecule has 0 bridgehead atoms. The Morgan fingerprint density at radius 3 is 2.77 bits per heavy atom. The highest BCUT2D eigenvalue weighted by Gasteiger charge is 2.26. The van der Waals surface area contributed by atoms with Crippen LogP contribution in [0, 0.1) is 5.92 Å². The van der Waals surface area contributed by atoms with Crippen LogP contribution in [0.3, 0.4) is 0 Å². The number of hydrogen-bond acceptors (Lipinski definition) is 5. The minimum atomic E-state index is -0.196. The fourth-order valence-corrected chi connectivity index (χ4v) is 3.43. The maximum atomic E-state index is 12.5. The van der Waals surface area contributed by atoms with Crippen molar-refractivity contribution < 1.29 is 9.26 Å². The van der Waals surface area contributed by atoms with Gasteiger partial charge >= 0.3 is 0 Å². The summed E-state index contributed by atoms with van der Waals surface area (Å²) in [4.78, 5) is 19.9. The van der Waals surface area contributed by atoms with Gasteiger partial charge in [-0.2, -0.15) is 4.98 Å². The van der Waals surface area contributed by atoms with E-state index in [4.69, 9.17) is 9.26 Å². The minimum Gasteiger partial charge on any atom is -0.376 e. The summed E-state index contributed by atoms with van der Waals surface area (Å²) in [7, 11) is 0. The van der Waals surface area contributed by atoms with Crippen molar-refractivity contribution in [3.8, 4) is 11.4 Å². The molecule has 1 aliphatic rings. The molecule has 1 unspecified atom stereocenters. The van der Waals surface area contributed by atoms with Crippen molar-refractivity contribution >= 4 is 0 Å². The highest BCUT2D eigenvalue weighted by atomic mass is 16.5. The third-order valence-corrected chi connectivity index (χ3v) is 4.74. The van der Waals surface area contributed by atoms with E-state index in [-0.39, 0.29) is 17.4 Å². The van der Waals surface area contributed by atoms with Gasteiger partial charge in [0, 0.05) is 12.1 Å². The highest BCUT2D eigenvalue weighted by molar-refractivity contribution is 5.55. The molecule has 0 fully saturated rings. The lowest BCUT2D eigenvalue weighted by atomic mass is 9.88. The summed E-state index contributed by atoms with van der Waals surface area (Å²) in [6.07, 6.45) is 0.714. The van der Waals surface area contributed by atoms with Crippen molar-refractivity contribution in [2.24, 2.45) is 5.92 Å². The number of ether oxygens (including phenoxy) is 1. The Balaban J connectivity index is 1.73. The topological polar surface area (TPSA) is 81.0 Å². The lowest BCUT2D eigenvalue weighted by Gasteiger charge is -2.17. The molecule has 26 heavy (non-hydrogen) atoms. The summed E-state index contributed by atoms with van der Waals surface area (Å²) in [6.45, 7) is 5.35. The van der Waals surface area contributed by atoms with Crippen LogP contribution in [0.15, 0.2) is 45.7 Å². The summed E-state index contributed by atoms with van der Waals surface area (Å²) in [5.41, 5.74) is 3.24. The molecular formula is C20H21N3O3. The van der Waals surface area contributed by atoms with Gasteiger partial charge in [-0.1, -0.05) is 49.3 Å². The van der Waals surface area contributed by atoms with Gasteiger partial charge in [0.05, 0.1) is 24.7 Å². The van der Waals surface area contributed by atoms with E-state index in [0.29, 0.717) is 36.9 Å². The quantitative estimate of drug-likeness (QED) is 0.780. The number of aromatic amines is 1. The van der Waals surface area contributed by atoms with E-state index < -0.39 is 0 Å². The lowest BCUT2D eigenvalue weighted by Crippen LogP contribution is -2.20. The Bertz CT molecular complexity index is 960. The van der Waals surface area contributed by atoms with Gasteiger partial charge in [-0.3, -0.25) is 4.79 Å². The van der Waals surface area contributed by atoms with E-state index in [9.17, 15) is 4.79 Å². The first-order chi connectivity index (χ1) is 12.6. The molecule has 4 rings (SSSR count). The van der Waals surface area contributed by atoms with Crippen LogP contribution < -0.4 is 5.56 Å². The predicted molar refractivity (Wildman–Crippen MR) is 96.8 cm³/mol. The van der Waals surface area contributed by atoms with Gasteiger partial charge in [0.15, 0.2) is 0 Å². The van der Waals surface area contributed by atoms with E-state index >= 15 is 0 Å². The molecule has 0 radical (unpaired) electrons. The van der Waals surface area contributed by atoms with Crippen molar-refractivity contribution in [3.63, 3.8) is 0 Å². The SMILES string of the molecule is CC(C)C(c1ccccc1)c1nc(-c2cc3c([nH]c2=O)CCOC3)no1. The zero-order valence-corrected chi connectivity index (χ0v) is 14.9. The number of nitrogens with zero attached hydrogens (tertiary/aromatic N) is 2. The number of nitrogens with one attached hydrogen (secondary N) is 1. The Labute approximate surface area is 151 Å². The summed E-state index contributed by atoms with van der Waals surface area (Å²) in [5, 5.41) is 4.08. The van der Waals surface area contributed by atoms with Crippen molar-refractivity contribution in [1.82, 2.24) is 15.1 Å².